The van der Waals surface area contributed by atoms with Crippen LogP contribution in [0.25, 0.3) is 0 Å². The average Bonchev–Trinajstić information content (AvgIpc) is 2.95. The molecule has 0 fully saturated rings. The molecule has 0 amide bonds. The Balaban J connectivity index is 2.51. The summed E-state index contributed by atoms with van der Waals surface area (Å²) >= 11 is 6.03. The van der Waals surface area contributed by atoms with Gasteiger partial charge >= 0.3 is 0 Å². The van der Waals surface area contributed by atoms with Crippen LogP contribution in [0.4, 0.5) is 5.69 Å². The van der Waals surface area contributed by atoms with E-state index in [-0.39, 0.29) is 21.3 Å². The number of halogens is 1. The van der Waals surface area contributed by atoms with E-state index < -0.39 is 15.4 Å². The predicted octanol–water partition coefficient (Wildman–Crippen LogP) is 3.42. The van der Waals surface area contributed by atoms with Crippen molar-refractivity contribution in [2.75, 3.05) is 5.32 Å². The van der Waals surface area contributed by atoms with Gasteiger partial charge in [-0.1, -0.05) is 32.4 Å². The minimum atomic E-state index is -4.04. The van der Waals surface area contributed by atoms with Crippen LogP contribution in [0.3, 0.4) is 0 Å². The van der Waals surface area contributed by atoms with Crippen molar-refractivity contribution in [3.63, 3.8) is 0 Å². The minimum absolute atomic E-state index is 0.0510. The van der Waals surface area contributed by atoms with Gasteiger partial charge in [-0.2, -0.15) is 0 Å². The summed E-state index contributed by atoms with van der Waals surface area (Å²) in [7, 11) is -4.04. The zero-order valence-electron chi connectivity index (χ0n) is 13.6. The van der Waals surface area contributed by atoms with E-state index in [4.69, 9.17) is 21.2 Å². The van der Waals surface area contributed by atoms with Crippen LogP contribution in [0.15, 0.2) is 39.8 Å². The number of Topliss-reactive ketones (excluding diaryl/α,β-unsaturated/α-hetero) is 1. The summed E-state index contributed by atoms with van der Waals surface area (Å²) in [5, 5.41) is 8.18. The third kappa shape index (κ3) is 4.17. The van der Waals surface area contributed by atoms with Crippen LogP contribution in [0.5, 0.6) is 0 Å². The summed E-state index contributed by atoms with van der Waals surface area (Å²) in [6, 6.07) is 6.13. The van der Waals surface area contributed by atoms with Gasteiger partial charge in [0.05, 0.1) is 17.8 Å². The normalized spacial score (nSPS) is 12.2. The first-order chi connectivity index (χ1) is 11.0. The molecule has 2 aromatic rings. The molecule has 0 atom stereocenters. The Morgan fingerprint density at radius 3 is 2.50 bits per heavy atom. The number of sulfonamides is 1. The molecule has 2 rings (SSSR count). The lowest BCUT2D eigenvalue weighted by Crippen LogP contribution is -2.23. The number of benzene rings is 1. The lowest BCUT2D eigenvalue weighted by molar-refractivity contribution is 0.0859. The van der Waals surface area contributed by atoms with Gasteiger partial charge in [-0.25, -0.2) is 13.6 Å². The maximum Gasteiger partial charge on any atom is 0.239 e. The molecular weight excluding hydrogens is 352 g/mol. The summed E-state index contributed by atoms with van der Waals surface area (Å²) in [6.45, 7) is 5.56. The first-order valence-corrected chi connectivity index (χ1v) is 9.10. The van der Waals surface area contributed by atoms with E-state index in [1.165, 1.54) is 18.4 Å². The van der Waals surface area contributed by atoms with Gasteiger partial charge in [-0.15, -0.1) is 0 Å². The molecule has 0 spiro atoms. The quantitative estimate of drug-likeness (QED) is 0.785. The number of nitrogens with two attached hydrogens (primary N) is 1. The van der Waals surface area contributed by atoms with Crippen LogP contribution in [-0.2, 0) is 16.6 Å². The highest BCUT2D eigenvalue weighted by molar-refractivity contribution is 7.89. The smallest absolute Gasteiger partial charge is 0.239 e. The Labute approximate surface area is 146 Å². The van der Waals surface area contributed by atoms with E-state index in [0.29, 0.717) is 18.0 Å². The lowest BCUT2D eigenvalue weighted by Gasteiger charge is -2.20. The molecule has 0 aliphatic heterocycles. The standard InChI is InChI=1S/C16H19ClN2O4S/c1-16(2,3)15(20)11-7-14(24(18,21)22)12(17)8-13(11)19-9-10-5-4-6-23-10/h4-8,19H,9H2,1-3H3,(H2,18,21,22). The number of carbonyl (C=O) groups is 1. The van der Waals surface area contributed by atoms with Crippen molar-refractivity contribution in [2.45, 2.75) is 32.2 Å². The number of anilines is 1. The largest absolute Gasteiger partial charge is 0.467 e. The fourth-order valence-corrected chi connectivity index (χ4v) is 3.20. The second-order valence-electron chi connectivity index (χ2n) is 6.39. The molecule has 130 valence electrons. The molecular formula is C16H19ClN2O4S. The number of hydrogen-bond donors (Lipinski definition) is 2. The van der Waals surface area contributed by atoms with Crippen LogP contribution in [0, 0.1) is 5.41 Å². The summed E-state index contributed by atoms with van der Waals surface area (Å²) in [5.41, 5.74) is -0.0731. The average molecular weight is 371 g/mol. The summed E-state index contributed by atoms with van der Waals surface area (Å²) < 4.78 is 28.6. The first kappa shape index (κ1) is 18.5. The summed E-state index contributed by atoms with van der Waals surface area (Å²) in [5.74, 6) is 0.432. The topological polar surface area (TPSA) is 102 Å². The van der Waals surface area contributed by atoms with Crippen molar-refractivity contribution in [3.8, 4) is 0 Å². The SMILES string of the molecule is CC(C)(C)C(=O)c1cc(S(N)(=O)=O)c(Cl)cc1NCc1ccco1. The Hall–Kier alpha value is -1.83. The second kappa shape index (κ2) is 6.58. The van der Waals surface area contributed by atoms with E-state index in [0.717, 1.165) is 0 Å². The van der Waals surface area contributed by atoms with Crippen molar-refractivity contribution < 1.29 is 17.6 Å². The van der Waals surface area contributed by atoms with Crippen molar-refractivity contribution in [2.24, 2.45) is 10.6 Å². The van der Waals surface area contributed by atoms with Gasteiger partial charge in [0.15, 0.2) is 5.78 Å². The van der Waals surface area contributed by atoms with Crippen LogP contribution in [-0.4, -0.2) is 14.2 Å². The fourth-order valence-electron chi connectivity index (χ4n) is 2.11. The second-order valence-corrected chi connectivity index (χ2v) is 8.32. The molecule has 8 heteroatoms. The van der Waals surface area contributed by atoms with E-state index in [1.54, 1.807) is 32.9 Å². The molecule has 0 bridgehead atoms. The number of rotatable bonds is 5. The molecule has 0 unspecified atom stereocenters. The van der Waals surface area contributed by atoms with Gasteiger partial charge in [0.2, 0.25) is 10.0 Å². The minimum Gasteiger partial charge on any atom is -0.467 e. The van der Waals surface area contributed by atoms with Gasteiger partial charge in [0.25, 0.3) is 0 Å². The summed E-state index contributed by atoms with van der Waals surface area (Å²) in [6.07, 6.45) is 1.54. The molecule has 6 nitrogen and oxygen atoms in total. The molecule has 1 heterocycles. The van der Waals surface area contributed by atoms with Crippen LogP contribution in [0.2, 0.25) is 5.02 Å². The molecule has 0 radical (unpaired) electrons. The number of ketones is 1. The Morgan fingerprint density at radius 2 is 2.00 bits per heavy atom. The molecule has 1 aromatic heterocycles. The number of carbonyl (C=O) groups excluding carboxylic acids is 1. The maximum absolute atomic E-state index is 12.7. The molecule has 0 aliphatic rings. The van der Waals surface area contributed by atoms with Crippen molar-refractivity contribution >= 4 is 33.1 Å². The van der Waals surface area contributed by atoms with E-state index >= 15 is 0 Å². The maximum atomic E-state index is 12.7. The highest BCUT2D eigenvalue weighted by Gasteiger charge is 2.28. The Bertz CT molecular complexity index is 853. The monoisotopic (exact) mass is 370 g/mol. The van der Waals surface area contributed by atoms with Gasteiger partial charge < -0.3 is 9.73 Å². The Kier molecular flexibility index (Phi) is 5.08. The highest BCUT2D eigenvalue weighted by atomic mass is 35.5. The van der Waals surface area contributed by atoms with Crippen LogP contribution >= 0.6 is 11.6 Å². The number of nitrogens with one attached hydrogen (secondary N) is 1. The van der Waals surface area contributed by atoms with Gasteiger partial charge in [0, 0.05) is 16.7 Å². The predicted molar refractivity (Wildman–Crippen MR) is 92.6 cm³/mol. The lowest BCUT2D eigenvalue weighted by atomic mass is 9.86. The zero-order valence-corrected chi connectivity index (χ0v) is 15.2. The third-order valence-electron chi connectivity index (χ3n) is 3.34. The third-order valence-corrected chi connectivity index (χ3v) is 4.71. The molecule has 24 heavy (non-hydrogen) atoms. The highest BCUT2D eigenvalue weighted by Crippen LogP contribution is 2.32. The number of hydrogen-bond acceptors (Lipinski definition) is 5. The van der Waals surface area contributed by atoms with E-state index in [9.17, 15) is 13.2 Å². The molecule has 0 saturated carbocycles. The zero-order chi connectivity index (χ0) is 18.1. The van der Waals surface area contributed by atoms with Gasteiger partial charge in [-0.05, 0) is 24.3 Å². The number of furan rings is 1. The Morgan fingerprint density at radius 1 is 1.33 bits per heavy atom. The van der Waals surface area contributed by atoms with Gasteiger partial charge in [0.1, 0.15) is 10.7 Å². The molecule has 1 aromatic carbocycles. The number of primary sulfonamides is 1. The first-order valence-electron chi connectivity index (χ1n) is 7.17. The van der Waals surface area contributed by atoms with Crippen LogP contribution < -0.4 is 10.5 Å². The molecule has 0 saturated heterocycles. The molecule has 0 aliphatic carbocycles. The van der Waals surface area contributed by atoms with Crippen molar-refractivity contribution in [3.05, 3.63) is 46.9 Å². The summed E-state index contributed by atoms with van der Waals surface area (Å²) in [4.78, 5) is 12.4. The van der Waals surface area contributed by atoms with E-state index in [2.05, 4.69) is 5.32 Å². The fraction of sp³-hybridized carbons (Fsp3) is 0.312. The van der Waals surface area contributed by atoms with E-state index in [1.807, 2.05) is 0 Å². The van der Waals surface area contributed by atoms with Crippen LogP contribution in [0.1, 0.15) is 36.9 Å². The molecule has 3 N–H and O–H groups in total. The van der Waals surface area contributed by atoms with Crippen molar-refractivity contribution in [1.29, 1.82) is 0 Å². The van der Waals surface area contributed by atoms with Crippen molar-refractivity contribution in [1.82, 2.24) is 0 Å². The van der Waals surface area contributed by atoms with Gasteiger partial charge in [-0.3, -0.25) is 4.79 Å².